The van der Waals surface area contributed by atoms with Crippen LogP contribution >= 0.6 is 23.2 Å². The molecule has 1 unspecified atom stereocenters. The summed E-state index contributed by atoms with van der Waals surface area (Å²) in [7, 11) is 0. The highest BCUT2D eigenvalue weighted by Gasteiger charge is 2.43. The van der Waals surface area contributed by atoms with E-state index in [-0.39, 0.29) is 0 Å². The lowest BCUT2D eigenvalue weighted by atomic mass is 9.66. The third kappa shape index (κ3) is 3.37. The SMILES string of the molecule is CCCC1CCC(C#N)(C(O)c2cccc(Cl)c2Cl)CC1. The van der Waals surface area contributed by atoms with E-state index in [9.17, 15) is 10.4 Å². The summed E-state index contributed by atoms with van der Waals surface area (Å²) in [6.45, 7) is 2.19. The van der Waals surface area contributed by atoms with Crippen molar-refractivity contribution in [1.29, 1.82) is 5.26 Å². The molecule has 0 radical (unpaired) electrons. The molecule has 0 aliphatic heterocycles. The van der Waals surface area contributed by atoms with Crippen LogP contribution in [0.4, 0.5) is 0 Å². The summed E-state index contributed by atoms with van der Waals surface area (Å²) in [5, 5.41) is 21.2. The van der Waals surface area contributed by atoms with Gasteiger partial charge in [0.25, 0.3) is 0 Å². The molecule has 1 aromatic rings. The number of rotatable bonds is 4. The summed E-state index contributed by atoms with van der Waals surface area (Å²) in [5.74, 6) is 0.679. The van der Waals surface area contributed by atoms with E-state index in [1.54, 1.807) is 18.2 Å². The van der Waals surface area contributed by atoms with E-state index in [1.807, 2.05) is 0 Å². The first kappa shape index (κ1) is 16.6. The molecule has 0 bridgehead atoms. The van der Waals surface area contributed by atoms with Crippen molar-refractivity contribution in [3.8, 4) is 6.07 Å². The summed E-state index contributed by atoms with van der Waals surface area (Å²) in [5.41, 5.74) is -0.168. The number of hydrogen-bond acceptors (Lipinski definition) is 2. The first-order valence-corrected chi connectivity index (χ1v) is 8.33. The summed E-state index contributed by atoms with van der Waals surface area (Å²) < 4.78 is 0. The van der Waals surface area contributed by atoms with Gasteiger partial charge in [-0.05, 0) is 37.7 Å². The molecule has 1 aromatic carbocycles. The Morgan fingerprint density at radius 3 is 2.62 bits per heavy atom. The van der Waals surface area contributed by atoms with E-state index in [2.05, 4.69) is 13.0 Å². The molecule has 4 heteroatoms. The lowest BCUT2D eigenvalue weighted by Gasteiger charge is -2.38. The molecule has 1 aliphatic rings. The number of halogens is 2. The van der Waals surface area contributed by atoms with Gasteiger partial charge in [-0.15, -0.1) is 0 Å². The Balaban J connectivity index is 2.22. The molecule has 1 atom stereocenters. The average molecular weight is 326 g/mol. The Labute approximate surface area is 136 Å². The van der Waals surface area contributed by atoms with Gasteiger partial charge in [-0.2, -0.15) is 5.26 Å². The van der Waals surface area contributed by atoms with Crippen LogP contribution in [0.3, 0.4) is 0 Å². The molecule has 0 aromatic heterocycles. The maximum absolute atomic E-state index is 10.8. The zero-order valence-corrected chi connectivity index (χ0v) is 13.8. The van der Waals surface area contributed by atoms with Crippen molar-refractivity contribution in [2.24, 2.45) is 11.3 Å². The summed E-state index contributed by atoms with van der Waals surface area (Å²) in [6.07, 6.45) is 4.93. The first-order valence-electron chi connectivity index (χ1n) is 7.57. The fourth-order valence-corrected chi connectivity index (χ4v) is 3.78. The van der Waals surface area contributed by atoms with Crippen LogP contribution in [-0.4, -0.2) is 5.11 Å². The molecule has 1 aliphatic carbocycles. The third-order valence-electron chi connectivity index (χ3n) is 4.72. The van der Waals surface area contributed by atoms with Gasteiger partial charge in [-0.25, -0.2) is 0 Å². The van der Waals surface area contributed by atoms with Crippen LogP contribution in [0, 0.1) is 22.7 Å². The number of nitrogens with zero attached hydrogens (tertiary/aromatic N) is 1. The predicted octanol–water partition coefficient (Wildman–Crippen LogP) is 5.53. The maximum Gasteiger partial charge on any atom is 0.0991 e. The van der Waals surface area contributed by atoms with Gasteiger partial charge in [-0.1, -0.05) is 55.1 Å². The van der Waals surface area contributed by atoms with Gasteiger partial charge in [0.1, 0.15) is 0 Å². The van der Waals surface area contributed by atoms with Crippen LogP contribution in [-0.2, 0) is 0 Å². The van der Waals surface area contributed by atoms with Crippen LogP contribution in [0.5, 0.6) is 0 Å². The van der Waals surface area contributed by atoms with Gasteiger partial charge < -0.3 is 5.11 Å². The van der Waals surface area contributed by atoms with Crippen molar-refractivity contribution in [2.75, 3.05) is 0 Å². The highest BCUT2D eigenvalue weighted by Crippen LogP contribution is 2.49. The standard InChI is InChI=1S/C17H21Cl2NO/c1-2-4-12-7-9-17(11-20,10-8-12)16(21)13-5-3-6-14(18)15(13)19/h3,5-6,12,16,21H,2,4,7-10H2,1H3. The molecule has 0 amide bonds. The van der Waals surface area contributed by atoms with Crippen LogP contribution in [0.2, 0.25) is 10.0 Å². The van der Waals surface area contributed by atoms with Crippen molar-refractivity contribution in [2.45, 2.75) is 51.6 Å². The smallest absolute Gasteiger partial charge is 0.0991 e. The van der Waals surface area contributed by atoms with Gasteiger partial charge in [-0.3, -0.25) is 0 Å². The molecular formula is C17H21Cl2NO. The fourth-order valence-electron chi connectivity index (χ4n) is 3.37. The molecule has 2 nitrogen and oxygen atoms in total. The van der Waals surface area contributed by atoms with E-state index in [4.69, 9.17) is 23.2 Å². The minimum absolute atomic E-state index is 0.358. The third-order valence-corrected chi connectivity index (χ3v) is 5.55. The number of aliphatic hydroxyl groups is 1. The van der Waals surface area contributed by atoms with Crippen molar-refractivity contribution in [3.63, 3.8) is 0 Å². The van der Waals surface area contributed by atoms with E-state index < -0.39 is 11.5 Å². The van der Waals surface area contributed by atoms with Gasteiger partial charge in [0.05, 0.1) is 27.6 Å². The minimum Gasteiger partial charge on any atom is -0.387 e. The molecule has 2 rings (SSSR count). The Bertz CT molecular complexity index is 530. The van der Waals surface area contributed by atoms with E-state index in [0.29, 0.717) is 21.5 Å². The van der Waals surface area contributed by atoms with Gasteiger partial charge in [0.2, 0.25) is 0 Å². The second-order valence-corrected chi connectivity index (χ2v) is 6.83. The zero-order chi connectivity index (χ0) is 15.5. The van der Waals surface area contributed by atoms with E-state index in [1.165, 1.54) is 12.8 Å². The highest BCUT2D eigenvalue weighted by atomic mass is 35.5. The van der Waals surface area contributed by atoms with Gasteiger partial charge in [0.15, 0.2) is 0 Å². The Kier molecular flexibility index (Phi) is 5.54. The van der Waals surface area contributed by atoms with E-state index >= 15 is 0 Å². The van der Waals surface area contributed by atoms with Crippen molar-refractivity contribution in [3.05, 3.63) is 33.8 Å². The Hall–Kier alpha value is -0.750. The molecule has 0 saturated heterocycles. The van der Waals surface area contributed by atoms with Gasteiger partial charge >= 0.3 is 0 Å². The fraction of sp³-hybridized carbons (Fsp3) is 0.588. The van der Waals surface area contributed by atoms with E-state index in [0.717, 1.165) is 25.7 Å². The number of aliphatic hydroxyl groups excluding tert-OH is 1. The molecular weight excluding hydrogens is 305 g/mol. The number of benzene rings is 1. The molecule has 1 saturated carbocycles. The van der Waals surface area contributed by atoms with Crippen LogP contribution in [0.15, 0.2) is 18.2 Å². The Morgan fingerprint density at radius 2 is 2.05 bits per heavy atom. The minimum atomic E-state index is -0.878. The van der Waals surface area contributed by atoms with Gasteiger partial charge in [0, 0.05) is 5.56 Å². The molecule has 1 N–H and O–H groups in total. The second-order valence-electron chi connectivity index (χ2n) is 6.05. The predicted molar refractivity (Wildman–Crippen MR) is 86.3 cm³/mol. The zero-order valence-electron chi connectivity index (χ0n) is 12.3. The molecule has 114 valence electrons. The normalized spacial score (nSPS) is 27.1. The highest BCUT2D eigenvalue weighted by molar-refractivity contribution is 6.42. The first-order chi connectivity index (χ1) is 10.0. The summed E-state index contributed by atoms with van der Waals surface area (Å²) in [6, 6.07) is 7.59. The number of nitriles is 1. The lowest BCUT2D eigenvalue weighted by molar-refractivity contribution is 0.0237. The molecule has 0 heterocycles. The van der Waals surface area contributed by atoms with Crippen molar-refractivity contribution < 1.29 is 5.11 Å². The Morgan fingerprint density at radius 1 is 1.38 bits per heavy atom. The summed E-state index contributed by atoms with van der Waals surface area (Å²) in [4.78, 5) is 0. The van der Waals surface area contributed by atoms with Crippen LogP contribution in [0.1, 0.15) is 57.1 Å². The summed E-state index contributed by atoms with van der Waals surface area (Å²) >= 11 is 12.2. The molecule has 0 spiro atoms. The topological polar surface area (TPSA) is 44.0 Å². The average Bonchev–Trinajstić information content (AvgIpc) is 2.51. The van der Waals surface area contributed by atoms with Crippen LogP contribution in [0.25, 0.3) is 0 Å². The second kappa shape index (κ2) is 7.01. The maximum atomic E-state index is 10.8. The quantitative estimate of drug-likeness (QED) is 0.791. The van der Waals surface area contributed by atoms with Crippen molar-refractivity contribution in [1.82, 2.24) is 0 Å². The van der Waals surface area contributed by atoms with Crippen LogP contribution < -0.4 is 0 Å². The monoisotopic (exact) mass is 325 g/mol. The molecule has 21 heavy (non-hydrogen) atoms. The molecule has 1 fully saturated rings. The van der Waals surface area contributed by atoms with Crippen molar-refractivity contribution >= 4 is 23.2 Å². The number of hydrogen-bond donors (Lipinski definition) is 1. The largest absolute Gasteiger partial charge is 0.387 e. The lowest BCUT2D eigenvalue weighted by Crippen LogP contribution is -2.32.